The van der Waals surface area contributed by atoms with E-state index in [9.17, 15) is 14.9 Å². The summed E-state index contributed by atoms with van der Waals surface area (Å²) in [5.41, 5.74) is -0.176. The fraction of sp³-hybridized carbons (Fsp3) is 0.267. The first kappa shape index (κ1) is 15.6. The number of hydrogen-bond acceptors (Lipinski definition) is 5. The molecule has 1 aromatic carbocycles. The van der Waals surface area contributed by atoms with E-state index in [-0.39, 0.29) is 30.0 Å². The second-order valence-electron chi connectivity index (χ2n) is 4.75. The molecule has 1 N–H and O–H groups in total. The largest absolute Gasteiger partial charge is 0.477 e. The molecule has 1 atom stereocenters. The van der Waals surface area contributed by atoms with Crippen molar-refractivity contribution < 1.29 is 18.9 Å². The lowest BCUT2D eigenvalue weighted by atomic mass is 10.2. The van der Waals surface area contributed by atoms with Crippen molar-refractivity contribution >= 4 is 11.6 Å². The van der Waals surface area contributed by atoms with E-state index in [0.29, 0.717) is 5.76 Å². The Bertz CT molecular complexity index is 680. The lowest BCUT2D eigenvalue weighted by molar-refractivity contribution is -0.385. The smallest absolute Gasteiger partial charge is 0.310 e. The predicted octanol–water partition coefficient (Wildman–Crippen LogP) is 2.75. The van der Waals surface area contributed by atoms with Crippen LogP contribution in [0.4, 0.5) is 5.69 Å². The topological polar surface area (TPSA) is 94.6 Å². The van der Waals surface area contributed by atoms with Crippen molar-refractivity contribution in [3.63, 3.8) is 0 Å². The summed E-state index contributed by atoms with van der Waals surface area (Å²) in [5, 5.41) is 13.5. The van der Waals surface area contributed by atoms with Crippen LogP contribution >= 0.6 is 0 Å². The Hall–Kier alpha value is -2.83. The first-order valence-electron chi connectivity index (χ1n) is 6.69. The molecule has 7 nitrogen and oxygen atoms in total. The second-order valence-corrected chi connectivity index (χ2v) is 4.75. The molecule has 0 aliphatic carbocycles. The van der Waals surface area contributed by atoms with Crippen LogP contribution in [0.15, 0.2) is 40.8 Å². The number of para-hydroxylation sites is 2. The van der Waals surface area contributed by atoms with Gasteiger partial charge in [-0.3, -0.25) is 14.9 Å². The summed E-state index contributed by atoms with van der Waals surface area (Å²) in [6, 6.07) is 9.19. The van der Waals surface area contributed by atoms with Gasteiger partial charge in [0.1, 0.15) is 11.5 Å². The Morgan fingerprint density at radius 3 is 2.73 bits per heavy atom. The SMILES string of the molecule is Cc1ccc(C(C)NC(=O)COc2ccccc2[N+](=O)[O-])o1. The molecule has 0 saturated heterocycles. The van der Waals surface area contributed by atoms with Crippen molar-refractivity contribution in [1.29, 1.82) is 0 Å². The number of amides is 1. The molecule has 116 valence electrons. The van der Waals surface area contributed by atoms with E-state index in [4.69, 9.17) is 9.15 Å². The van der Waals surface area contributed by atoms with Crippen molar-refractivity contribution in [3.05, 3.63) is 58.0 Å². The van der Waals surface area contributed by atoms with Gasteiger partial charge in [0.15, 0.2) is 12.4 Å². The van der Waals surface area contributed by atoms with Crippen LogP contribution in [0.3, 0.4) is 0 Å². The Morgan fingerprint density at radius 1 is 1.36 bits per heavy atom. The van der Waals surface area contributed by atoms with Crippen molar-refractivity contribution in [3.8, 4) is 5.75 Å². The third-order valence-electron chi connectivity index (χ3n) is 2.99. The van der Waals surface area contributed by atoms with Crippen LogP contribution in [0.1, 0.15) is 24.5 Å². The average molecular weight is 304 g/mol. The number of hydrogen-bond donors (Lipinski definition) is 1. The molecule has 0 spiro atoms. The normalized spacial score (nSPS) is 11.7. The molecule has 0 aliphatic rings. The van der Waals surface area contributed by atoms with Gasteiger partial charge in [-0.15, -0.1) is 0 Å². The minimum absolute atomic E-state index is 0.0594. The van der Waals surface area contributed by atoms with Crippen molar-refractivity contribution in [2.24, 2.45) is 0 Å². The second kappa shape index (κ2) is 6.75. The number of rotatable bonds is 6. The number of aryl methyl sites for hydroxylation is 1. The zero-order valence-corrected chi connectivity index (χ0v) is 12.2. The summed E-state index contributed by atoms with van der Waals surface area (Å²) in [7, 11) is 0. The van der Waals surface area contributed by atoms with E-state index in [1.165, 1.54) is 18.2 Å². The third kappa shape index (κ3) is 3.85. The highest BCUT2D eigenvalue weighted by molar-refractivity contribution is 5.78. The minimum Gasteiger partial charge on any atom is -0.477 e. The van der Waals surface area contributed by atoms with Gasteiger partial charge < -0.3 is 14.5 Å². The van der Waals surface area contributed by atoms with Crippen LogP contribution in [0.25, 0.3) is 0 Å². The first-order chi connectivity index (χ1) is 10.5. The van der Waals surface area contributed by atoms with Crippen molar-refractivity contribution in [1.82, 2.24) is 5.32 Å². The van der Waals surface area contributed by atoms with Gasteiger partial charge in [0, 0.05) is 6.07 Å². The molecule has 1 unspecified atom stereocenters. The van der Waals surface area contributed by atoms with Gasteiger partial charge in [0.2, 0.25) is 0 Å². The Kier molecular flexibility index (Phi) is 4.77. The van der Waals surface area contributed by atoms with Crippen LogP contribution < -0.4 is 10.1 Å². The van der Waals surface area contributed by atoms with E-state index in [2.05, 4.69) is 5.32 Å². The fourth-order valence-corrected chi connectivity index (χ4v) is 1.91. The van der Waals surface area contributed by atoms with Gasteiger partial charge in [0.05, 0.1) is 11.0 Å². The fourth-order valence-electron chi connectivity index (χ4n) is 1.91. The molecule has 2 rings (SSSR count). The standard InChI is InChI=1S/C15H16N2O5/c1-10-7-8-13(22-10)11(2)16-15(18)9-21-14-6-4-3-5-12(14)17(19)20/h3-8,11H,9H2,1-2H3,(H,16,18). The molecular weight excluding hydrogens is 288 g/mol. The molecule has 1 aromatic heterocycles. The number of nitrogens with one attached hydrogen (secondary N) is 1. The number of furan rings is 1. The van der Waals surface area contributed by atoms with Crippen LogP contribution in [-0.2, 0) is 4.79 Å². The van der Waals surface area contributed by atoms with Gasteiger partial charge in [-0.1, -0.05) is 12.1 Å². The molecule has 0 saturated carbocycles. The summed E-state index contributed by atoms with van der Waals surface area (Å²) in [4.78, 5) is 22.1. The number of benzene rings is 1. The molecule has 22 heavy (non-hydrogen) atoms. The molecule has 1 amide bonds. The zero-order valence-electron chi connectivity index (χ0n) is 12.2. The quantitative estimate of drug-likeness (QED) is 0.654. The van der Waals surface area contributed by atoms with Crippen LogP contribution in [0.5, 0.6) is 5.75 Å². The molecule has 7 heteroatoms. The summed E-state index contributed by atoms with van der Waals surface area (Å²) in [6.45, 7) is 3.28. The number of nitrogens with zero attached hydrogens (tertiary/aromatic N) is 1. The van der Waals surface area contributed by atoms with E-state index >= 15 is 0 Å². The maximum absolute atomic E-state index is 11.8. The molecule has 0 bridgehead atoms. The van der Waals surface area contributed by atoms with E-state index in [1.807, 2.05) is 13.0 Å². The maximum atomic E-state index is 11.8. The highest BCUT2D eigenvalue weighted by Crippen LogP contribution is 2.25. The molecule has 0 aliphatic heterocycles. The number of carbonyl (C=O) groups excluding carboxylic acids is 1. The van der Waals surface area contributed by atoms with E-state index < -0.39 is 4.92 Å². The van der Waals surface area contributed by atoms with Gasteiger partial charge in [-0.05, 0) is 32.0 Å². The van der Waals surface area contributed by atoms with Crippen molar-refractivity contribution in [2.45, 2.75) is 19.9 Å². The monoisotopic (exact) mass is 304 g/mol. The molecule has 0 fully saturated rings. The molecule has 2 aromatic rings. The summed E-state index contributed by atoms with van der Waals surface area (Å²) < 4.78 is 10.6. The summed E-state index contributed by atoms with van der Waals surface area (Å²) in [6.07, 6.45) is 0. The van der Waals surface area contributed by atoms with Crippen LogP contribution in [-0.4, -0.2) is 17.4 Å². The van der Waals surface area contributed by atoms with Gasteiger partial charge >= 0.3 is 5.69 Å². The van der Waals surface area contributed by atoms with Gasteiger partial charge in [-0.25, -0.2) is 0 Å². The highest BCUT2D eigenvalue weighted by atomic mass is 16.6. The van der Waals surface area contributed by atoms with Gasteiger partial charge in [0.25, 0.3) is 5.91 Å². The Morgan fingerprint density at radius 2 is 2.09 bits per heavy atom. The predicted molar refractivity (Wildman–Crippen MR) is 78.6 cm³/mol. The van der Waals surface area contributed by atoms with E-state index in [1.54, 1.807) is 19.1 Å². The Labute approximate surface area is 127 Å². The first-order valence-corrected chi connectivity index (χ1v) is 6.69. The molecular formula is C15H16N2O5. The third-order valence-corrected chi connectivity index (χ3v) is 2.99. The zero-order chi connectivity index (χ0) is 16.1. The lowest BCUT2D eigenvalue weighted by Gasteiger charge is -2.12. The molecule has 0 radical (unpaired) electrons. The van der Waals surface area contributed by atoms with E-state index in [0.717, 1.165) is 5.76 Å². The number of nitro benzene ring substituents is 1. The highest BCUT2D eigenvalue weighted by Gasteiger charge is 2.17. The Balaban J connectivity index is 1.92. The summed E-state index contributed by atoms with van der Waals surface area (Å²) >= 11 is 0. The van der Waals surface area contributed by atoms with Crippen molar-refractivity contribution in [2.75, 3.05) is 6.61 Å². The number of carbonyl (C=O) groups is 1. The van der Waals surface area contributed by atoms with Crippen LogP contribution in [0.2, 0.25) is 0 Å². The van der Waals surface area contributed by atoms with Crippen LogP contribution in [0, 0.1) is 17.0 Å². The van der Waals surface area contributed by atoms with Gasteiger partial charge in [-0.2, -0.15) is 0 Å². The molecule has 1 heterocycles. The average Bonchev–Trinajstić information content (AvgIpc) is 2.92. The lowest BCUT2D eigenvalue weighted by Crippen LogP contribution is -2.31. The number of nitro groups is 1. The summed E-state index contributed by atoms with van der Waals surface area (Å²) in [5.74, 6) is 1.06. The minimum atomic E-state index is -0.554. The maximum Gasteiger partial charge on any atom is 0.310 e. The number of ether oxygens (including phenoxy) is 1.